The molecule has 0 atom stereocenters. The third-order valence-electron chi connectivity index (χ3n) is 5.01. The Morgan fingerprint density at radius 2 is 1.37 bits per heavy atom. The van der Waals surface area contributed by atoms with Gasteiger partial charge in [-0.15, -0.1) is 0 Å². The van der Waals surface area contributed by atoms with Gasteiger partial charge in [0.25, 0.3) is 5.91 Å². The van der Waals surface area contributed by atoms with Crippen LogP contribution >= 0.6 is 0 Å². The summed E-state index contributed by atoms with van der Waals surface area (Å²) >= 11 is 0. The van der Waals surface area contributed by atoms with Gasteiger partial charge in [0, 0.05) is 51.4 Å². The number of benzene rings is 2. The highest BCUT2D eigenvalue weighted by molar-refractivity contribution is 5.94. The number of carbonyl (C=O) groups is 1. The molecule has 4 nitrogen and oxygen atoms in total. The normalized spacial score (nSPS) is 15.8. The third-order valence-corrected chi connectivity index (χ3v) is 5.01. The van der Waals surface area contributed by atoms with E-state index in [9.17, 15) is 4.79 Å². The van der Waals surface area contributed by atoms with E-state index >= 15 is 0 Å². The van der Waals surface area contributed by atoms with Gasteiger partial charge in [-0.05, 0) is 29.2 Å². The summed E-state index contributed by atoms with van der Waals surface area (Å²) in [5.74, 6) is 0.485. The highest BCUT2D eigenvalue weighted by Gasteiger charge is 2.17. The van der Waals surface area contributed by atoms with Crippen molar-refractivity contribution in [1.82, 2.24) is 15.1 Å². The Hall–Kier alpha value is -2.17. The van der Waals surface area contributed by atoms with Crippen molar-refractivity contribution in [1.29, 1.82) is 0 Å². The minimum Gasteiger partial charge on any atom is -0.352 e. The largest absolute Gasteiger partial charge is 0.352 e. The second-order valence-electron chi connectivity index (χ2n) is 7.84. The zero-order chi connectivity index (χ0) is 19.1. The second kappa shape index (κ2) is 9.67. The molecule has 4 heteroatoms. The van der Waals surface area contributed by atoms with Crippen molar-refractivity contribution in [2.24, 2.45) is 5.92 Å². The highest BCUT2D eigenvalue weighted by atomic mass is 16.1. The fourth-order valence-electron chi connectivity index (χ4n) is 3.37. The van der Waals surface area contributed by atoms with Gasteiger partial charge in [0.1, 0.15) is 0 Å². The number of hydrogen-bond acceptors (Lipinski definition) is 3. The number of carbonyl (C=O) groups excluding carboxylic acids is 1. The molecule has 0 bridgehead atoms. The van der Waals surface area contributed by atoms with Gasteiger partial charge >= 0.3 is 0 Å². The van der Waals surface area contributed by atoms with Crippen LogP contribution in [0.25, 0.3) is 0 Å². The van der Waals surface area contributed by atoms with Crippen molar-refractivity contribution in [3.63, 3.8) is 0 Å². The van der Waals surface area contributed by atoms with Crippen LogP contribution in [0.4, 0.5) is 0 Å². The molecule has 1 fully saturated rings. The molecule has 1 aliphatic heterocycles. The van der Waals surface area contributed by atoms with E-state index in [-0.39, 0.29) is 5.91 Å². The molecule has 1 amide bonds. The zero-order valence-corrected chi connectivity index (χ0v) is 16.5. The first kappa shape index (κ1) is 19.6. The van der Waals surface area contributed by atoms with Gasteiger partial charge in [-0.25, -0.2) is 0 Å². The summed E-state index contributed by atoms with van der Waals surface area (Å²) in [6.45, 7) is 11.3. The van der Waals surface area contributed by atoms with E-state index in [1.807, 2.05) is 12.1 Å². The maximum Gasteiger partial charge on any atom is 0.251 e. The van der Waals surface area contributed by atoms with Crippen molar-refractivity contribution >= 4 is 5.91 Å². The summed E-state index contributed by atoms with van der Waals surface area (Å²) in [4.78, 5) is 17.1. The Kier molecular flexibility index (Phi) is 7.02. The number of piperazine rings is 1. The van der Waals surface area contributed by atoms with Gasteiger partial charge < -0.3 is 5.32 Å². The predicted octanol–water partition coefficient (Wildman–Crippen LogP) is 3.39. The first-order valence-electron chi connectivity index (χ1n) is 9.96. The van der Waals surface area contributed by atoms with Gasteiger partial charge in [-0.3, -0.25) is 14.6 Å². The van der Waals surface area contributed by atoms with Crippen LogP contribution in [-0.2, 0) is 13.1 Å². The summed E-state index contributed by atoms with van der Waals surface area (Å²) in [6.07, 6.45) is 0. The topological polar surface area (TPSA) is 35.6 Å². The molecule has 3 rings (SSSR count). The number of rotatable bonds is 7. The third kappa shape index (κ3) is 6.19. The fraction of sp³-hybridized carbons (Fsp3) is 0.435. The van der Waals surface area contributed by atoms with Gasteiger partial charge in [-0.2, -0.15) is 0 Å². The fourth-order valence-corrected chi connectivity index (χ4v) is 3.37. The standard InChI is InChI=1S/C23H31N3O/c1-19(2)16-24-23(27)22-10-8-21(9-11-22)18-26-14-12-25(13-15-26)17-20-6-4-3-5-7-20/h3-11,19H,12-18H2,1-2H3,(H,24,27). The Morgan fingerprint density at radius 1 is 0.852 bits per heavy atom. The molecule has 1 N–H and O–H groups in total. The lowest BCUT2D eigenvalue weighted by molar-refractivity contribution is 0.0949. The van der Waals surface area contributed by atoms with Crippen LogP contribution in [-0.4, -0.2) is 48.4 Å². The Morgan fingerprint density at radius 3 is 1.89 bits per heavy atom. The van der Waals surface area contributed by atoms with Crippen LogP contribution in [0.15, 0.2) is 54.6 Å². The Balaban J connectivity index is 1.44. The maximum atomic E-state index is 12.1. The number of amides is 1. The van der Waals surface area contributed by atoms with E-state index in [4.69, 9.17) is 0 Å². The number of hydrogen-bond donors (Lipinski definition) is 1. The lowest BCUT2D eigenvalue weighted by atomic mass is 10.1. The van der Waals surface area contributed by atoms with Crippen LogP contribution < -0.4 is 5.32 Å². The average molecular weight is 366 g/mol. The predicted molar refractivity (Wildman–Crippen MR) is 111 cm³/mol. The molecule has 0 unspecified atom stereocenters. The molecule has 0 aromatic heterocycles. The van der Waals surface area contributed by atoms with Gasteiger partial charge in [-0.1, -0.05) is 56.3 Å². The molecular weight excluding hydrogens is 334 g/mol. The van der Waals surface area contributed by atoms with Crippen LogP contribution in [0, 0.1) is 5.92 Å². The molecule has 1 saturated heterocycles. The quantitative estimate of drug-likeness (QED) is 0.817. The van der Waals surface area contributed by atoms with E-state index in [2.05, 4.69) is 71.4 Å². The zero-order valence-electron chi connectivity index (χ0n) is 16.5. The molecule has 0 saturated carbocycles. The summed E-state index contributed by atoms with van der Waals surface area (Å²) in [6, 6.07) is 18.7. The molecule has 144 valence electrons. The molecule has 1 heterocycles. The number of nitrogens with zero attached hydrogens (tertiary/aromatic N) is 2. The van der Waals surface area contributed by atoms with Gasteiger partial charge in [0.2, 0.25) is 0 Å². The van der Waals surface area contributed by atoms with Gasteiger partial charge in [0.15, 0.2) is 0 Å². The average Bonchev–Trinajstić information content (AvgIpc) is 2.69. The van der Waals surface area contributed by atoms with E-state index < -0.39 is 0 Å². The van der Waals surface area contributed by atoms with Crippen LogP contribution in [0.3, 0.4) is 0 Å². The van der Waals surface area contributed by atoms with Crippen molar-refractivity contribution in [3.05, 3.63) is 71.3 Å². The maximum absolute atomic E-state index is 12.1. The summed E-state index contributed by atoms with van der Waals surface area (Å²) in [5, 5.41) is 2.97. The molecule has 2 aromatic carbocycles. The molecule has 1 aliphatic rings. The minimum absolute atomic E-state index is 0.0183. The lowest BCUT2D eigenvalue weighted by Crippen LogP contribution is -2.45. The van der Waals surface area contributed by atoms with Crippen LogP contribution in [0.1, 0.15) is 35.3 Å². The SMILES string of the molecule is CC(C)CNC(=O)c1ccc(CN2CCN(Cc3ccccc3)CC2)cc1. The Bertz CT molecular complexity index is 704. The first-order chi connectivity index (χ1) is 13.1. The molecule has 27 heavy (non-hydrogen) atoms. The van der Waals surface area contributed by atoms with E-state index in [0.29, 0.717) is 12.5 Å². The van der Waals surface area contributed by atoms with Crippen molar-refractivity contribution in [2.75, 3.05) is 32.7 Å². The van der Waals surface area contributed by atoms with E-state index in [1.54, 1.807) is 0 Å². The van der Waals surface area contributed by atoms with Crippen molar-refractivity contribution < 1.29 is 4.79 Å². The molecule has 0 radical (unpaired) electrons. The second-order valence-corrected chi connectivity index (χ2v) is 7.84. The molecular formula is C23H31N3O. The van der Waals surface area contributed by atoms with E-state index in [0.717, 1.165) is 44.8 Å². The molecule has 2 aromatic rings. The summed E-state index contributed by atoms with van der Waals surface area (Å²) in [5.41, 5.74) is 3.40. The van der Waals surface area contributed by atoms with Crippen LogP contribution in [0.5, 0.6) is 0 Å². The molecule has 0 spiro atoms. The highest BCUT2D eigenvalue weighted by Crippen LogP contribution is 2.12. The van der Waals surface area contributed by atoms with E-state index in [1.165, 1.54) is 11.1 Å². The number of nitrogens with one attached hydrogen (secondary N) is 1. The molecule has 0 aliphatic carbocycles. The van der Waals surface area contributed by atoms with Gasteiger partial charge in [0.05, 0.1) is 0 Å². The van der Waals surface area contributed by atoms with Crippen molar-refractivity contribution in [3.8, 4) is 0 Å². The summed E-state index contributed by atoms with van der Waals surface area (Å²) in [7, 11) is 0. The Labute approximate surface area is 163 Å². The smallest absolute Gasteiger partial charge is 0.251 e. The van der Waals surface area contributed by atoms with Crippen molar-refractivity contribution in [2.45, 2.75) is 26.9 Å². The first-order valence-corrected chi connectivity index (χ1v) is 9.96. The summed E-state index contributed by atoms with van der Waals surface area (Å²) < 4.78 is 0. The van der Waals surface area contributed by atoms with Crippen LogP contribution in [0.2, 0.25) is 0 Å². The minimum atomic E-state index is 0.0183. The lowest BCUT2D eigenvalue weighted by Gasteiger charge is -2.34. The monoisotopic (exact) mass is 365 g/mol.